The van der Waals surface area contributed by atoms with E-state index in [2.05, 4.69) is 21.7 Å². The first-order valence-corrected chi connectivity index (χ1v) is 17.9. The molecular weight excluding hydrogens is 657 g/mol. The second-order valence-electron chi connectivity index (χ2n) is 14.3. The van der Waals surface area contributed by atoms with Crippen molar-refractivity contribution < 1.29 is 19.0 Å². The van der Waals surface area contributed by atoms with Crippen molar-refractivity contribution in [1.29, 1.82) is 0 Å². The molecular formula is C38H41ClFN7O3. The smallest absolute Gasteiger partial charge is 0.319 e. The minimum Gasteiger partial charge on any atom is -0.461 e. The molecule has 4 aromatic rings. The van der Waals surface area contributed by atoms with Gasteiger partial charge in [-0.25, -0.2) is 4.39 Å². The predicted molar refractivity (Wildman–Crippen MR) is 192 cm³/mol. The number of likely N-dealkylation sites (tertiary alicyclic amines) is 2. The maximum absolute atomic E-state index is 16.8. The van der Waals surface area contributed by atoms with Crippen LogP contribution in [-0.4, -0.2) is 118 Å². The molecule has 10 nitrogen and oxygen atoms in total. The molecule has 1 N–H and O–H groups in total. The van der Waals surface area contributed by atoms with E-state index in [-0.39, 0.29) is 40.8 Å². The van der Waals surface area contributed by atoms with Crippen LogP contribution in [0.25, 0.3) is 32.9 Å². The molecule has 50 heavy (non-hydrogen) atoms. The molecule has 3 atom stereocenters. The van der Waals surface area contributed by atoms with Crippen LogP contribution in [0, 0.1) is 17.7 Å². The standard InChI is InChI=1S/C38H41ClFN7O3/c1-44-22-27(48)19-25(44)11-12-31(49)46-18-13-26(21-46)45(2)36-29-20-41-34(28-9-3-7-24-8-4-10-30(39)32(24)28)33(40)35(29)42-37(43-36)50-23-38-14-5-16-47(38)17-6-15-38/h3-4,7-10,20,25-27,48H,5-6,13-19,21-23H2,1-2H3/t25-,26+,27-/m0/s1. The molecule has 2 aromatic heterocycles. The van der Waals surface area contributed by atoms with Gasteiger partial charge in [0.05, 0.1) is 23.1 Å². The highest BCUT2D eigenvalue weighted by Gasteiger charge is 2.45. The zero-order valence-electron chi connectivity index (χ0n) is 28.4. The summed E-state index contributed by atoms with van der Waals surface area (Å²) in [5.41, 5.74) is 0.824. The molecule has 0 spiro atoms. The van der Waals surface area contributed by atoms with E-state index in [1.807, 2.05) is 54.2 Å². The van der Waals surface area contributed by atoms with Crippen LogP contribution in [0.1, 0.15) is 38.5 Å². The third-order valence-corrected chi connectivity index (χ3v) is 11.6. The first kappa shape index (κ1) is 33.1. The second-order valence-corrected chi connectivity index (χ2v) is 14.7. The number of hydrogen-bond acceptors (Lipinski definition) is 9. The number of anilines is 1. The molecule has 0 bridgehead atoms. The SMILES string of the molecule is CN1C[C@@H](O)C[C@@H]1C#CC(=O)N1CC[C@@H](N(C)c2nc(OCC34CCCN3CCC4)nc3c(F)c(-c4cccc5cccc(Cl)c45)ncc23)C1. The number of benzene rings is 2. The van der Waals surface area contributed by atoms with Gasteiger partial charge in [-0.2, -0.15) is 9.97 Å². The molecule has 4 saturated heterocycles. The largest absolute Gasteiger partial charge is 0.461 e. The van der Waals surface area contributed by atoms with Crippen molar-refractivity contribution in [2.24, 2.45) is 0 Å². The lowest BCUT2D eigenvalue weighted by Crippen LogP contribution is -2.43. The Bertz CT molecular complexity index is 2020. The Balaban J connectivity index is 1.13. The van der Waals surface area contributed by atoms with Gasteiger partial charge in [-0.1, -0.05) is 47.9 Å². The zero-order chi connectivity index (χ0) is 34.6. The van der Waals surface area contributed by atoms with Crippen molar-refractivity contribution >= 4 is 45.0 Å². The van der Waals surface area contributed by atoms with Gasteiger partial charge in [-0.15, -0.1) is 0 Å². The van der Waals surface area contributed by atoms with Crippen LogP contribution in [0.15, 0.2) is 42.6 Å². The van der Waals surface area contributed by atoms with Crippen LogP contribution in [-0.2, 0) is 4.79 Å². The Hall–Kier alpha value is -4.08. The van der Waals surface area contributed by atoms with Gasteiger partial charge in [0.1, 0.15) is 23.6 Å². The highest BCUT2D eigenvalue weighted by atomic mass is 35.5. The Morgan fingerprint density at radius 3 is 2.68 bits per heavy atom. The number of carbonyl (C=O) groups excluding carboxylic acids is 1. The highest BCUT2D eigenvalue weighted by molar-refractivity contribution is 6.36. The molecule has 2 aromatic carbocycles. The number of pyridine rings is 1. The number of carbonyl (C=O) groups is 1. The van der Waals surface area contributed by atoms with E-state index in [1.165, 1.54) is 0 Å². The van der Waals surface area contributed by atoms with Crippen molar-refractivity contribution in [3.05, 3.63) is 53.4 Å². The minimum atomic E-state index is -0.571. The number of fused-ring (bicyclic) bond motifs is 3. The summed E-state index contributed by atoms with van der Waals surface area (Å²) < 4.78 is 23.2. The number of β-amino-alcohol motifs (C(OH)–C–C–N with tert-alkyl or cyclic N) is 1. The van der Waals surface area contributed by atoms with Crippen molar-refractivity contribution in [2.75, 3.05) is 58.3 Å². The van der Waals surface area contributed by atoms with Crippen LogP contribution in [0.3, 0.4) is 0 Å². The Morgan fingerprint density at radius 2 is 1.92 bits per heavy atom. The maximum atomic E-state index is 16.8. The van der Waals surface area contributed by atoms with Crippen LogP contribution < -0.4 is 9.64 Å². The summed E-state index contributed by atoms with van der Waals surface area (Å²) in [6.45, 7) is 4.10. The van der Waals surface area contributed by atoms with Crippen LogP contribution in [0.2, 0.25) is 5.02 Å². The molecule has 6 heterocycles. The summed E-state index contributed by atoms with van der Waals surface area (Å²) in [7, 11) is 3.81. The van der Waals surface area contributed by atoms with Crippen molar-refractivity contribution in [3.8, 4) is 29.1 Å². The molecule has 4 aliphatic rings. The van der Waals surface area contributed by atoms with Crippen molar-refractivity contribution in [1.82, 2.24) is 29.7 Å². The van der Waals surface area contributed by atoms with Crippen LogP contribution in [0.4, 0.5) is 10.2 Å². The third kappa shape index (κ3) is 5.92. The average Bonchev–Trinajstić information content (AvgIpc) is 3.90. The first-order chi connectivity index (χ1) is 24.2. The molecule has 4 aliphatic heterocycles. The lowest BCUT2D eigenvalue weighted by Gasteiger charge is -2.31. The number of aliphatic hydroxyl groups excluding tert-OH is 1. The molecule has 1 amide bonds. The van der Waals surface area contributed by atoms with Gasteiger partial charge in [0.2, 0.25) is 0 Å². The Kier molecular flexibility index (Phi) is 8.76. The van der Waals surface area contributed by atoms with E-state index >= 15 is 4.39 Å². The molecule has 0 unspecified atom stereocenters. The molecule has 0 saturated carbocycles. The van der Waals surface area contributed by atoms with Gasteiger partial charge < -0.3 is 19.6 Å². The highest BCUT2D eigenvalue weighted by Crippen LogP contribution is 2.40. The number of rotatable bonds is 6. The summed E-state index contributed by atoms with van der Waals surface area (Å²) in [6, 6.07) is 11.1. The number of ether oxygens (including phenoxy) is 1. The van der Waals surface area contributed by atoms with Gasteiger partial charge in [-0.05, 0) is 69.6 Å². The molecule has 260 valence electrons. The van der Waals surface area contributed by atoms with Gasteiger partial charge in [0.25, 0.3) is 5.91 Å². The molecule has 12 heteroatoms. The number of halogens is 2. The van der Waals surface area contributed by atoms with E-state index < -0.39 is 11.9 Å². The molecule has 0 aliphatic carbocycles. The number of aromatic nitrogens is 3. The van der Waals surface area contributed by atoms with E-state index in [0.717, 1.165) is 49.5 Å². The summed E-state index contributed by atoms with van der Waals surface area (Å²) in [5, 5.41) is 12.5. The number of likely N-dealkylation sites (N-methyl/N-ethyl adjacent to an activating group) is 2. The van der Waals surface area contributed by atoms with Gasteiger partial charge in [0, 0.05) is 61.3 Å². The number of amides is 1. The molecule has 0 radical (unpaired) electrons. The number of aliphatic hydroxyl groups is 1. The molecule has 4 fully saturated rings. The Morgan fingerprint density at radius 1 is 1.14 bits per heavy atom. The normalized spacial score (nSPS) is 23.4. The predicted octanol–water partition coefficient (Wildman–Crippen LogP) is 4.75. The van der Waals surface area contributed by atoms with Crippen LogP contribution >= 0.6 is 11.6 Å². The van der Waals surface area contributed by atoms with Crippen molar-refractivity contribution in [3.63, 3.8) is 0 Å². The Labute approximate surface area is 296 Å². The summed E-state index contributed by atoms with van der Waals surface area (Å²) >= 11 is 6.64. The van der Waals surface area contributed by atoms with Gasteiger partial charge in [0.15, 0.2) is 5.82 Å². The third-order valence-electron chi connectivity index (χ3n) is 11.2. The summed E-state index contributed by atoms with van der Waals surface area (Å²) in [5.74, 6) is 5.55. The van der Waals surface area contributed by atoms with E-state index in [9.17, 15) is 9.90 Å². The monoisotopic (exact) mass is 697 g/mol. The van der Waals surface area contributed by atoms with Gasteiger partial charge in [-0.3, -0.25) is 19.6 Å². The fourth-order valence-electron chi connectivity index (χ4n) is 8.48. The summed E-state index contributed by atoms with van der Waals surface area (Å²) in [4.78, 5) is 35.6. The quantitative estimate of drug-likeness (QED) is 0.287. The van der Waals surface area contributed by atoms with E-state index in [1.54, 1.807) is 17.2 Å². The topological polar surface area (TPSA) is 98.2 Å². The van der Waals surface area contributed by atoms with Gasteiger partial charge >= 0.3 is 6.01 Å². The second kappa shape index (κ2) is 13.2. The number of nitrogens with zero attached hydrogens (tertiary/aromatic N) is 7. The van der Waals surface area contributed by atoms with Crippen molar-refractivity contribution in [2.45, 2.75) is 62.3 Å². The molecule has 8 rings (SSSR count). The lowest BCUT2D eigenvalue weighted by molar-refractivity contribution is -0.124. The maximum Gasteiger partial charge on any atom is 0.319 e. The first-order valence-electron chi connectivity index (χ1n) is 17.5. The average molecular weight is 698 g/mol. The van der Waals surface area contributed by atoms with E-state index in [0.29, 0.717) is 60.9 Å². The summed E-state index contributed by atoms with van der Waals surface area (Å²) in [6.07, 6.45) is 6.81. The fourth-order valence-corrected chi connectivity index (χ4v) is 8.76. The number of hydrogen-bond donors (Lipinski definition) is 1. The van der Waals surface area contributed by atoms with E-state index in [4.69, 9.17) is 26.3 Å². The fraction of sp³-hybridized carbons (Fsp3) is 0.474. The lowest BCUT2D eigenvalue weighted by atomic mass is 9.95. The minimum absolute atomic E-state index is 0.0369. The van der Waals surface area contributed by atoms with Crippen LogP contribution in [0.5, 0.6) is 6.01 Å². The zero-order valence-corrected chi connectivity index (χ0v) is 29.2.